The summed E-state index contributed by atoms with van der Waals surface area (Å²) in [6.45, 7) is 1.85. The van der Waals surface area contributed by atoms with Crippen LogP contribution in [0.15, 0.2) is 60.7 Å². The Balaban J connectivity index is 1.58. The number of anilines is 1. The van der Waals surface area contributed by atoms with Gasteiger partial charge in [-0.3, -0.25) is 9.59 Å². The Morgan fingerprint density at radius 2 is 1.68 bits per heavy atom. The van der Waals surface area contributed by atoms with Gasteiger partial charge in [-0.15, -0.1) is 0 Å². The van der Waals surface area contributed by atoms with Gasteiger partial charge in [-0.2, -0.15) is 0 Å². The minimum absolute atomic E-state index is 0.0715. The third-order valence-electron chi connectivity index (χ3n) is 4.77. The fourth-order valence-electron chi connectivity index (χ4n) is 3.18. The lowest BCUT2D eigenvalue weighted by molar-refractivity contribution is 0.101. The summed E-state index contributed by atoms with van der Waals surface area (Å²) < 4.78 is 21.9. The van der Waals surface area contributed by atoms with Crippen molar-refractivity contribution in [1.82, 2.24) is 0 Å². The number of amides is 1. The number of ether oxygens (including phenoxy) is 4. The Morgan fingerprint density at radius 1 is 0.968 bits per heavy atom. The fraction of sp³-hybridized carbons (Fsp3) is 0.167. The van der Waals surface area contributed by atoms with Crippen LogP contribution in [-0.4, -0.2) is 25.6 Å². The van der Waals surface area contributed by atoms with Crippen LogP contribution in [-0.2, 0) is 6.61 Å². The Morgan fingerprint density at radius 3 is 2.39 bits per heavy atom. The zero-order valence-corrected chi connectivity index (χ0v) is 17.1. The second kappa shape index (κ2) is 8.79. The predicted octanol–water partition coefficient (Wildman–Crippen LogP) is 4.46. The van der Waals surface area contributed by atoms with E-state index >= 15 is 0 Å². The first-order valence-electron chi connectivity index (χ1n) is 9.65. The van der Waals surface area contributed by atoms with Crippen LogP contribution in [0, 0.1) is 0 Å². The van der Waals surface area contributed by atoms with E-state index in [1.807, 2.05) is 30.3 Å². The van der Waals surface area contributed by atoms with Crippen molar-refractivity contribution in [2.75, 3.05) is 19.2 Å². The van der Waals surface area contributed by atoms with Gasteiger partial charge in [0.15, 0.2) is 17.3 Å². The van der Waals surface area contributed by atoms with Crippen molar-refractivity contribution in [1.29, 1.82) is 0 Å². The molecule has 4 rings (SSSR count). The highest BCUT2D eigenvalue weighted by Gasteiger charge is 2.21. The molecule has 0 spiro atoms. The number of methoxy groups -OCH3 is 1. The molecular weight excluding hydrogens is 398 g/mol. The van der Waals surface area contributed by atoms with Crippen molar-refractivity contribution >= 4 is 17.4 Å². The van der Waals surface area contributed by atoms with E-state index < -0.39 is 5.91 Å². The Kier molecular flexibility index (Phi) is 5.75. The van der Waals surface area contributed by atoms with E-state index in [2.05, 4.69) is 5.32 Å². The van der Waals surface area contributed by atoms with Crippen LogP contribution < -0.4 is 24.3 Å². The molecule has 1 amide bonds. The summed E-state index contributed by atoms with van der Waals surface area (Å²) in [7, 11) is 1.52. The van der Waals surface area contributed by atoms with Crippen LogP contribution in [0.4, 0.5) is 5.69 Å². The minimum Gasteiger partial charge on any atom is -0.497 e. The molecule has 1 aliphatic heterocycles. The largest absolute Gasteiger partial charge is 0.497 e. The molecule has 31 heavy (non-hydrogen) atoms. The van der Waals surface area contributed by atoms with Gasteiger partial charge in [-0.25, -0.2) is 0 Å². The molecule has 0 bridgehead atoms. The normalized spacial score (nSPS) is 11.7. The maximum absolute atomic E-state index is 13.0. The summed E-state index contributed by atoms with van der Waals surface area (Å²) in [4.78, 5) is 25.0. The van der Waals surface area contributed by atoms with Crippen LogP contribution >= 0.6 is 0 Å². The lowest BCUT2D eigenvalue weighted by Gasteiger charge is -2.13. The number of Topliss-reactive ketones (excluding diaryl/α,β-unsaturated/α-hetero) is 1. The van der Waals surface area contributed by atoms with Crippen molar-refractivity contribution in [3.8, 4) is 23.0 Å². The van der Waals surface area contributed by atoms with Crippen LogP contribution in [0.3, 0.4) is 0 Å². The van der Waals surface area contributed by atoms with Gasteiger partial charge in [-0.05, 0) is 30.7 Å². The van der Waals surface area contributed by atoms with E-state index in [1.54, 1.807) is 30.3 Å². The van der Waals surface area contributed by atoms with Crippen molar-refractivity contribution < 1.29 is 28.5 Å². The van der Waals surface area contributed by atoms with Gasteiger partial charge in [0.1, 0.15) is 18.1 Å². The molecule has 0 saturated carbocycles. The molecule has 1 N–H and O–H groups in total. The summed E-state index contributed by atoms with van der Waals surface area (Å²) in [5.74, 6) is 1.30. The summed E-state index contributed by atoms with van der Waals surface area (Å²) in [5, 5.41) is 2.78. The molecular formula is C24H21NO6. The molecule has 0 fully saturated rings. The molecule has 1 heterocycles. The molecule has 0 atom stereocenters. The smallest absolute Gasteiger partial charge is 0.255 e. The van der Waals surface area contributed by atoms with E-state index in [0.717, 1.165) is 5.56 Å². The zero-order chi connectivity index (χ0) is 21.8. The number of fused-ring (bicyclic) bond motifs is 1. The molecule has 1 aliphatic rings. The minimum atomic E-state index is -0.412. The zero-order valence-electron chi connectivity index (χ0n) is 17.1. The first-order valence-corrected chi connectivity index (χ1v) is 9.65. The van der Waals surface area contributed by atoms with Crippen molar-refractivity contribution in [2.24, 2.45) is 0 Å². The maximum Gasteiger partial charge on any atom is 0.255 e. The average Bonchev–Trinajstić information content (AvgIpc) is 3.25. The van der Waals surface area contributed by atoms with Crippen molar-refractivity contribution in [3.05, 3.63) is 77.4 Å². The monoisotopic (exact) mass is 419 g/mol. The molecule has 0 aliphatic carbocycles. The molecule has 7 nitrogen and oxygen atoms in total. The predicted molar refractivity (Wildman–Crippen MR) is 114 cm³/mol. The highest BCUT2D eigenvalue weighted by molar-refractivity contribution is 6.09. The van der Waals surface area contributed by atoms with Crippen LogP contribution in [0.5, 0.6) is 23.0 Å². The van der Waals surface area contributed by atoms with Gasteiger partial charge in [0.2, 0.25) is 6.79 Å². The summed E-state index contributed by atoms with van der Waals surface area (Å²) in [6.07, 6.45) is 0. The van der Waals surface area contributed by atoms with Crippen LogP contribution in [0.2, 0.25) is 0 Å². The molecule has 0 saturated heterocycles. The van der Waals surface area contributed by atoms with E-state index in [4.69, 9.17) is 18.9 Å². The van der Waals surface area contributed by atoms with Gasteiger partial charge in [0.05, 0.1) is 12.8 Å². The number of rotatable bonds is 7. The average molecular weight is 419 g/mol. The Hall–Kier alpha value is -4.00. The van der Waals surface area contributed by atoms with Gasteiger partial charge < -0.3 is 24.3 Å². The van der Waals surface area contributed by atoms with E-state index in [0.29, 0.717) is 46.4 Å². The summed E-state index contributed by atoms with van der Waals surface area (Å²) >= 11 is 0. The van der Waals surface area contributed by atoms with Crippen LogP contribution in [0.1, 0.15) is 33.2 Å². The van der Waals surface area contributed by atoms with Crippen molar-refractivity contribution in [3.63, 3.8) is 0 Å². The van der Waals surface area contributed by atoms with Gasteiger partial charge in [-0.1, -0.05) is 30.3 Å². The number of hydrogen-bond acceptors (Lipinski definition) is 6. The molecule has 0 radical (unpaired) electrons. The van der Waals surface area contributed by atoms with Gasteiger partial charge >= 0.3 is 0 Å². The number of benzene rings is 3. The molecule has 0 unspecified atom stereocenters. The molecule has 7 heteroatoms. The third kappa shape index (κ3) is 4.61. The highest BCUT2D eigenvalue weighted by atomic mass is 16.7. The number of carbonyl (C=O) groups is 2. The van der Waals surface area contributed by atoms with Gasteiger partial charge in [0, 0.05) is 23.3 Å². The fourth-order valence-corrected chi connectivity index (χ4v) is 3.18. The summed E-state index contributed by atoms with van der Waals surface area (Å²) in [6, 6.07) is 17.8. The van der Waals surface area contributed by atoms with Gasteiger partial charge in [0.25, 0.3) is 5.91 Å². The quantitative estimate of drug-likeness (QED) is 0.570. The second-order valence-corrected chi connectivity index (χ2v) is 6.93. The molecule has 0 aromatic heterocycles. The SMILES string of the molecule is COc1cc(OCc2ccccc2)cc(C(=O)Nc2cc3c(cc2C(C)=O)OCO3)c1. The summed E-state index contributed by atoms with van der Waals surface area (Å²) in [5.41, 5.74) is 2.01. The second-order valence-electron chi connectivity index (χ2n) is 6.93. The highest BCUT2D eigenvalue weighted by Crippen LogP contribution is 2.37. The number of carbonyl (C=O) groups excluding carboxylic acids is 2. The Bertz CT molecular complexity index is 1130. The number of nitrogens with one attached hydrogen (secondary N) is 1. The van der Waals surface area contributed by atoms with Crippen molar-refractivity contribution in [2.45, 2.75) is 13.5 Å². The first-order chi connectivity index (χ1) is 15.0. The lowest BCUT2D eigenvalue weighted by Crippen LogP contribution is -2.14. The number of ketones is 1. The topological polar surface area (TPSA) is 83.1 Å². The van der Waals surface area contributed by atoms with E-state index in [-0.39, 0.29) is 12.6 Å². The van der Waals surface area contributed by atoms with E-state index in [1.165, 1.54) is 14.0 Å². The molecule has 3 aromatic carbocycles. The molecule has 3 aromatic rings. The standard InChI is InChI=1S/C24H21NO6/c1-15(26)20-11-22-23(31-14-30-22)12-21(20)25-24(27)17-8-18(28-2)10-19(9-17)29-13-16-6-4-3-5-7-16/h3-12H,13-14H2,1-2H3,(H,25,27). The lowest BCUT2D eigenvalue weighted by atomic mass is 10.1. The van der Waals surface area contributed by atoms with E-state index in [9.17, 15) is 9.59 Å². The maximum atomic E-state index is 13.0. The number of hydrogen-bond donors (Lipinski definition) is 1. The molecule has 158 valence electrons. The van der Waals surface area contributed by atoms with Crippen LogP contribution in [0.25, 0.3) is 0 Å². The first kappa shape index (κ1) is 20.3. The third-order valence-corrected chi connectivity index (χ3v) is 4.77. The Labute approximate surface area is 179 Å².